The molecule has 16 heavy (non-hydrogen) atoms. The molecule has 0 aromatic carbocycles. The predicted molar refractivity (Wildman–Crippen MR) is 63.7 cm³/mol. The molecule has 0 radical (unpaired) electrons. The first kappa shape index (κ1) is 13.3. The van der Waals surface area contributed by atoms with Crippen LogP contribution in [0.3, 0.4) is 0 Å². The zero-order valence-electron chi connectivity index (χ0n) is 10.4. The SMILES string of the molecule is COC1CCCC(N(C)C(C)C(N)=NO)C1. The van der Waals surface area contributed by atoms with Crippen molar-refractivity contribution in [3.63, 3.8) is 0 Å². The van der Waals surface area contributed by atoms with Crippen LogP contribution in [0.15, 0.2) is 5.16 Å². The van der Waals surface area contributed by atoms with E-state index in [-0.39, 0.29) is 11.9 Å². The number of oxime groups is 1. The van der Waals surface area contributed by atoms with Gasteiger partial charge >= 0.3 is 0 Å². The lowest BCUT2D eigenvalue weighted by atomic mass is 9.91. The van der Waals surface area contributed by atoms with E-state index in [1.165, 1.54) is 6.42 Å². The summed E-state index contributed by atoms with van der Waals surface area (Å²) in [5, 5.41) is 11.7. The Morgan fingerprint density at radius 3 is 2.81 bits per heavy atom. The van der Waals surface area contributed by atoms with Crippen LogP contribution >= 0.6 is 0 Å². The van der Waals surface area contributed by atoms with Crippen molar-refractivity contribution in [3.05, 3.63) is 0 Å². The van der Waals surface area contributed by atoms with Crippen LogP contribution in [-0.2, 0) is 4.74 Å². The largest absolute Gasteiger partial charge is 0.409 e. The third-order valence-corrected chi connectivity index (χ3v) is 3.66. The number of ether oxygens (including phenoxy) is 1. The topological polar surface area (TPSA) is 71.1 Å². The molecule has 0 heterocycles. The standard InChI is InChI=1S/C11H23N3O2/c1-8(11(12)13-15)14(2)9-5-4-6-10(7-9)16-3/h8-10,15H,4-7H2,1-3H3,(H2,12,13). The molecule has 5 nitrogen and oxygen atoms in total. The van der Waals surface area contributed by atoms with Gasteiger partial charge in [-0.15, -0.1) is 0 Å². The lowest BCUT2D eigenvalue weighted by Crippen LogP contribution is -2.48. The van der Waals surface area contributed by atoms with Crippen molar-refractivity contribution in [1.29, 1.82) is 0 Å². The Kier molecular flexibility index (Phi) is 5.02. The van der Waals surface area contributed by atoms with Gasteiger partial charge in [-0.3, -0.25) is 4.90 Å². The summed E-state index contributed by atoms with van der Waals surface area (Å²) in [7, 11) is 3.78. The molecular formula is C11H23N3O2. The highest BCUT2D eigenvalue weighted by atomic mass is 16.5. The predicted octanol–water partition coefficient (Wildman–Crippen LogP) is 1.01. The van der Waals surface area contributed by atoms with Gasteiger partial charge < -0.3 is 15.7 Å². The van der Waals surface area contributed by atoms with Gasteiger partial charge in [0.25, 0.3) is 0 Å². The Morgan fingerprint density at radius 2 is 2.25 bits per heavy atom. The van der Waals surface area contributed by atoms with Crippen LogP contribution < -0.4 is 5.73 Å². The minimum Gasteiger partial charge on any atom is -0.409 e. The van der Waals surface area contributed by atoms with E-state index in [1.807, 2.05) is 14.0 Å². The normalized spacial score (nSPS) is 29.4. The Balaban J connectivity index is 2.55. The number of nitrogens with two attached hydrogens (primary N) is 1. The summed E-state index contributed by atoms with van der Waals surface area (Å²) in [5.74, 6) is 0.266. The Hall–Kier alpha value is -0.810. The fourth-order valence-corrected chi connectivity index (χ4v) is 2.31. The van der Waals surface area contributed by atoms with Gasteiger partial charge in [-0.25, -0.2) is 0 Å². The van der Waals surface area contributed by atoms with Crippen molar-refractivity contribution in [2.75, 3.05) is 14.2 Å². The van der Waals surface area contributed by atoms with Crippen LogP contribution in [0, 0.1) is 0 Å². The first-order chi connectivity index (χ1) is 7.60. The molecule has 94 valence electrons. The molecule has 3 N–H and O–H groups in total. The minimum atomic E-state index is -0.0365. The molecule has 5 heteroatoms. The van der Waals surface area contributed by atoms with Crippen LogP contribution in [-0.4, -0.2) is 48.3 Å². The fourth-order valence-electron chi connectivity index (χ4n) is 2.31. The molecule has 0 aromatic heterocycles. The van der Waals surface area contributed by atoms with Gasteiger partial charge in [-0.05, 0) is 39.7 Å². The Labute approximate surface area is 97.2 Å². The maximum absolute atomic E-state index is 8.66. The summed E-state index contributed by atoms with van der Waals surface area (Å²) in [6.45, 7) is 1.95. The van der Waals surface area contributed by atoms with E-state index in [4.69, 9.17) is 15.7 Å². The second-order valence-corrected chi connectivity index (χ2v) is 4.54. The molecule has 1 aliphatic rings. The summed E-state index contributed by atoms with van der Waals surface area (Å²) >= 11 is 0. The molecule has 1 aliphatic carbocycles. The van der Waals surface area contributed by atoms with Crippen LogP contribution in [0.5, 0.6) is 0 Å². The molecule has 3 atom stereocenters. The first-order valence-electron chi connectivity index (χ1n) is 5.82. The van der Waals surface area contributed by atoms with Gasteiger partial charge in [-0.1, -0.05) is 5.16 Å². The average molecular weight is 229 g/mol. The molecule has 3 unspecified atom stereocenters. The van der Waals surface area contributed by atoms with Crippen molar-refractivity contribution in [2.24, 2.45) is 10.9 Å². The molecule has 0 amide bonds. The third-order valence-electron chi connectivity index (χ3n) is 3.66. The first-order valence-corrected chi connectivity index (χ1v) is 5.82. The van der Waals surface area contributed by atoms with Crippen molar-refractivity contribution >= 4 is 5.84 Å². The van der Waals surface area contributed by atoms with Gasteiger partial charge in [0.1, 0.15) is 0 Å². The summed E-state index contributed by atoms with van der Waals surface area (Å²) in [6, 6.07) is 0.416. The highest BCUT2D eigenvalue weighted by molar-refractivity contribution is 5.84. The Morgan fingerprint density at radius 1 is 1.56 bits per heavy atom. The molecule has 0 bridgehead atoms. The molecule has 0 saturated heterocycles. The van der Waals surface area contributed by atoms with Crippen molar-refractivity contribution < 1.29 is 9.94 Å². The maximum atomic E-state index is 8.66. The number of likely N-dealkylation sites (N-methyl/N-ethyl adjacent to an activating group) is 1. The maximum Gasteiger partial charge on any atom is 0.156 e. The minimum absolute atomic E-state index is 0.0365. The zero-order chi connectivity index (χ0) is 12.1. The summed E-state index contributed by atoms with van der Waals surface area (Å²) < 4.78 is 5.40. The highest BCUT2D eigenvalue weighted by Crippen LogP contribution is 2.25. The highest BCUT2D eigenvalue weighted by Gasteiger charge is 2.28. The number of nitrogens with zero attached hydrogens (tertiary/aromatic N) is 2. The summed E-state index contributed by atoms with van der Waals surface area (Å²) in [5.41, 5.74) is 5.62. The van der Waals surface area contributed by atoms with Crippen molar-refractivity contribution in [3.8, 4) is 0 Å². The van der Waals surface area contributed by atoms with Crippen LogP contribution in [0.25, 0.3) is 0 Å². The lowest BCUT2D eigenvalue weighted by molar-refractivity contribution is 0.0314. The van der Waals surface area contributed by atoms with E-state index >= 15 is 0 Å². The van der Waals surface area contributed by atoms with Gasteiger partial charge in [0.05, 0.1) is 12.1 Å². The van der Waals surface area contributed by atoms with Crippen LogP contribution in [0.4, 0.5) is 0 Å². The molecule has 1 rings (SSSR count). The lowest BCUT2D eigenvalue weighted by Gasteiger charge is -2.37. The number of rotatable bonds is 4. The number of amidine groups is 1. The van der Waals surface area contributed by atoms with E-state index in [2.05, 4.69) is 10.1 Å². The molecule has 1 fully saturated rings. The second-order valence-electron chi connectivity index (χ2n) is 4.54. The number of methoxy groups -OCH3 is 1. The molecule has 0 aliphatic heterocycles. The summed E-state index contributed by atoms with van der Waals surface area (Å²) in [6.07, 6.45) is 4.84. The molecular weight excluding hydrogens is 206 g/mol. The monoisotopic (exact) mass is 229 g/mol. The fraction of sp³-hybridized carbons (Fsp3) is 0.909. The van der Waals surface area contributed by atoms with E-state index in [9.17, 15) is 0 Å². The number of hydrogen-bond donors (Lipinski definition) is 2. The molecule has 0 spiro atoms. The number of hydrogen-bond acceptors (Lipinski definition) is 4. The quantitative estimate of drug-likeness (QED) is 0.327. The van der Waals surface area contributed by atoms with Crippen LogP contribution in [0.2, 0.25) is 0 Å². The van der Waals surface area contributed by atoms with Gasteiger partial charge in [0.2, 0.25) is 0 Å². The summed E-state index contributed by atoms with van der Waals surface area (Å²) in [4.78, 5) is 2.17. The zero-order valence-corrected chi connectivity index (χ0v) is 10.4. The van der Waals surface area contributed by atoms with Gasteiger partial charge in [-0.2, -0.15) is 0 Å². The van der Waals surface area contributed by atoms with Crippen LogP contribution in [0.1, 0.15) is 32.6 Å². The molecule has 0 aromatic rings. The van der Waals surface area contributed by atoms with Gasteiger partial charge in [0, 0.05) is 13.2 Å². The van der Waals surface area contributed by atoms with E-state index < -0.39 is 0 Å². The van der Waals surface area contributed by atoms with Gasteiger partial charge in [0.15, 0.2) is 5.84 Å². The Bertz CT molecular complexity index is 245. The smallest absolute Gasteiger partial charge is 0.156 e. The van der Waals surface area contributed by atoms with Crippen molar-refractivity contribution in [2.45, 2.75) is 50.8 Å². The van der Waals surface area contributed by atoms with Crippen molar-refractivity contribution in [1.82, 2.24) is 4.90 Å². The molecule has 1 saturated carbocycles. The van der Waals surface area contributed by atoms with E-state index in [1.54, 1.807) is 7.11 Å². The van der Waals surface area contributed by atoms with E-state index in [0.717, 1.165) is 19.3 Å². The third kappa shape index (κ3) is 3.09. The average Bonchev–Trinajstić information content (AvgIpc) is 2.36. The van der Waals surface area contributed by atoms with E-state index in [0.29, 0.717) is 12.1 Å². The second kappa shape index (κ2) is 6.06.